The lowest BCUT2D eigenvalue weighted by atomic mass is 9.96. The van der Waals surface area contributed by atoms with Crippen LogP contribution in [0.5, 0.6) is 11.5 Å². The van der Waals surface area contributed by atoms with E-state index in [1.807, 2.05) is 13.8 Å². The maximum Gasteiger partial charge on any atom is 0.310 e. The molecule has 0 spiro atoms. The molecule has 1 N–H and O–H groups in total. The Morgan fingerprint density at radius 2 is 2.06 bits per heavy atom. The van der Waals surface area contributed by atoms with Crippen LogP contribution in [-0.2, 0) is 4.79 Å². The Bertz CT molecular complexity index is 387. The van der Waals surface area contributed by atoms with Crippen molar-refractivity contribution in [2.45, 2.75) is 26.2 Å². The van der Waals surface area contributed by atoms with Crippen molar-refractivity contribution in [3.8, 4) is 11.5 Å². The van der Waals surface area contributed by atoms with E-state index in [1.54, 1.807) is 25.3 Å². The maximum absolute atomic E-state index is 11.1. The van der Waals surface area contributed by atoms with Crippen LogP contribution in [0, 0.1) is 0 Å². The molecule has 0 aliphatic rings. The standard InChI is InChI=1S/C13H18O4/c1-4-10(13(14)15)9-6-7-11(16-3)12(8-9)17-5-2/h6-8,10H,4-5H2,1-3H3,(H,14,15). The van der Waals surface area contributed by atoms with Crippen molar-refractivity contribution in [2.75, 3.05) is 13.7 Å². The third kappa shape index (κ3) is 3.12. The van der Waals surface area contributed by atoms with Crippen LogP contribution in [0.3, 0.4) is 0 Å². The van der Waals surface area contributed by atoms with Crippen LogP contribution >= 0.6 is 0 Å². The summed E-state index contributed by atoms with van der Waals surface area (Å²) in [5, 5.41) is 9.10. The molecule has 4 heteroatoms. The van der Waals surface area contributed by atoms with Gasteiger partial charge in [0.25, 0.3) is 0 Å². The van der Waals surface area contributed by atoms with Crippen molar-refractivity contribution in [3.05, 3.63) is 23.8 Å². The lowest BCUT2D eigenvalue weighted by Gasteiger charge is -2.14. The Labute approximate surface area is 101 Å². The summed E-state index contributed by atoms with van der Waals surface area (Å²) in [4.78, 5) is 11.1. The molecule has 4 nitrogen and oxygen atoms in total. The zero-order chi connectivity index (χ0) is 12.8. The van der Waals surface area contributed by atoms with Gasteiger partial charge in [0.05, 0.1) is 19.6 Å². The van der Waals surface area contributed by atoms with Crippen LogP contribution in [-0.4, -0.2) is 24.8 Å². The first-order chi connectivity index (χ1) is 8.13. The van der Waals surface area contributed by atoms with Crippen LogP contribution in [0.15, 0.2) is 18.2 Å². The van der Waals surface area contributed by atoms with Crippen LogP contribution in [0.1, 0.15) is 31.7 Å². The molecule has 94 valence electrons. The zero-order valence-corrected chi connectivity index (χ0v) is 10.4. The highest BCUT2D eigenvalue weighted by atomic mass is 16.5. The van der Waals surface area contributed by atoms with Gasteiger partial charge in [-0.25, -0.2) is 0 Å². The summed E-state index contributed by atoms with van der Waals surface area (Å²) in [5.41, 5.74) is 0.740. The van der Waals surface area contributed by atoms with E-state index in [-0.39, 0.29) is 0 Å². The Kier molecular flexibility index (Phi) is 4.82. The molecule has 0 fully saturated rings. The molecule has 0 radical (unpaired) electrons. The smallest absolute Gasteiger partial charge is 0.310 e. The molecule has 0 aliphatic heterocycles. The molecule has 0 heterocycles. The van der Waals surface area contributed by atoms with E-state index in [0.717, 1.165) is 5.56 Å². The van der Waals surface area contributed by atoms with Gasteiger partial charge in [0.15, 0.2) is 11.5 Å². The minimum atomic E-state index is -0.819. The molecule has 0 bridgehead atoms. The number of carboxylic acid groups (broad SMARTS) is 1. The number of rotatable bonds is 6. The van der Waals surface area contributed by atoms with Crippen LogP contribution in [0.25, 0.3) is 0 Å². The quantitative estimate of drug-likeness (QED) is 0.827. The van der Waals surface area contributed by atoms with Crippen molar-refractivity contribution in [1.82, 2.24) is 0 Å². The van der Waals surface area contributed by atoms with Crippen molar-refractivity contribution in [2.24, 2.45) is 0 Å². The first-order valence-electron chi connectivity index (χ1n) is 5.67. The Hall–Kier alpha value is -1.71. The minimum absolute atomic E-state index is 0.500. The van der Waals surface area contributed by atoms with Gasteiger partial charge < -0.3 is 14.6 Å². The second-order valence-electron chi connectivity index (χ2n) is 3.64. The van der Waals surface area contributed by atoms with Gasteiger partial charge in [-0.3, -0.25) is 4.79 Å². The number of carboxylic acids is 1. The number of aliphatic carboxylic acids is 1. The van der Waals surface area contributed by atoms with E-state index in [9.17, 15) is 4.79 Å². The molecular formula is C13H18O4. The summed E-state index contributed by atoms with van der Waals surface area (Å²) in [6.45, 7) is 4.24. The first kappa shape index (κ1) is 13.4. The molecular weight excluding hydrogens is 220 g/mol. The fraction of sp³-hybridized carbons (Fsp3) is 0.462. The third-order valence-electron chi connectivity index (χ3n) is 2.60. The van der Waals surface area contributed by atoms with Crippen molar-refractivity contribution in [3.63, 3.8) is 0 Å². The molecule has 0 saturated carbocycles. The van der Waals surface area contributed by atoms with Crippen molar-refractivity contribution >= 4 is 5.97 Å². The van der Waals surface area contributed by atoms with Gasteiger partial charge in [0.2, 0.25) is 0 Å². The van der Waals surface area contributed by atoms with E-state index in [0.29, 0.717) is 24.5 Å². The zero-order valence-electron chi connectivity index (χ0n) is 10.4. The molecule has 0 aromatic heterocycles. The minimum Gasteiger partial charge on any atom is -0.493 e. The number of ether oxygens (including phenoxy) is 2. The Morgan fingerprint density at radius 1 is 1.35 bits per heavy atom. The summed E-state index contributed by atoms with van der Waals surface area (Å²) in [5.74, 6) is -0.108. The van der Waals surface area contributed by atoms with Gasteiger partial charge in [0.1, 0.15) is 0 Å². The van der Waals surface area contributed by atoms with Gasteiger partial charge in [-0.2, -0.15) is 0 Å². The fourth-order valence-electron chi connectivity index (χ4n) is 1.73. The topological polar surface area (TPSA) is 55.8 Å². The number of hydrogen-bond acceptors (Lipinski definition) is 3. The predicted molar refractivity (Wildman–Crippen MR) is 64.8 cm³/mol. The molecule has 1 atom stereocenters. The van der Waals surface area contributed by atoms with Crippen LogP contribution in [0.4, 0.5) is 0 Å². The monoisotopic (exact) mass is 238 g/mol. The van der Waals surface area contributed by atoms with Gasteiger partial charge in [0, 0.05) is 0 Å². The Balaban J connectivity index is 3.09. The summed E-state index contributed by atoms with van der Waals surface area (Å²) in [6, 6.07) is 5.25. The second-order valence-corrected chi connectivity index (χ2v) is 3.64. The van der Waals surface area contributed by atoms with E-state index in [1.165, 1.54) is 0 Å². The molecule has 0 amide bonds. The van der Waals surface area contributed by atoms with E-state index >= 15 is 0 Å². The average molecular weight is 238 g/mol. The summed E-state index contributed by atoms with van der Waals surface area (Å²) in [7, 11) is 1.56. The number of carbonyl (C=O) groups is 1. The second kappa shape index (κ2) is 6.13. The number of hydrogen-bond donors (Lipinski definition) is 1. The van der Waals surface area contributed by atoms with Crippen LogP contribution < -0.4 is 9.47 Å². The van der Waals surface area contributed by atoms with Gasteiger partial charge in [-0.1, -0.05) is 13.0 Å². The van der Waals surface area contributed by atoms with E-state index in [2.05, 4.69) is 0 Å². The summed E-state index contributed by atoms with van der Waals surface area (Å²) < 4.78 is 10.6. The Morgan fingerprint density at radius 3 is 2.53 bits per heavy atom. The maximum atomic E-state index is 11.1. The van der Waals surface area contributed by atoms with E-state index < -0.39 is 11.9 Å². The highest BCUT2D eigenvalue weighted by Gasteiger charge is 2.19. The summed E-state index contributed by atoms with van der Waals surface area (Å²) >= 11 is 0. The van der Waals surface area contributed by atoms with Gasteiger partial charge in [-0.05, 0) is 31.0 Å². The van der Waals surface area contributed by atoms with Gasteiger partial charge >= 0.3 is 5.97 Å². The fourth-order valence-corrected chi connectivity index (χ4v) is 1.73. The lowest BCUT2D eigenvalue weighted by molar-refractivity contribution is -0.138. The molecule has 1 unspecified atom stereocenters. The average Bonchev–Trinajstić information content (AvgIpc) is 2.30. The third-order valence-corrected chi connectivity index (χ3v) is 2.60. The van der Waals surface area contributed by atoms with Crippen molar-refractivity contribution in [1.29, 1.82) is 0 Å². The molecule has 1 aromatic carbocycles. The molecule has 17 heavy (non-hydrogen) atoms. The number of benzene rings is 1. The van der Waals surface area contributed by atoms with Gasteiger partial charge in [-0.15, -0.1) is 0 Å². The highest BCUT2D eigenvalue weighted by molar-refractivity contribution is 5.76. The van der Waals surface area contributed by atoms with E-state index in [4.69, 9.17) is 14.6 Å². The first-order valence-corrected chi connectivity index (χ1v) is 5.67. The largest absolute Gasteiger partial charge is 0.493 e. The molecule has 0 saturated heterocycles. The van der Waals surface area contributed by atoms with Crippen molar-refractivity contribution < 1.29 is 19.4 Å². The highest BCUT2D eigenvalue weighted by Crippen LogP contribution is 2.32. The molecule has 1 rings (SSSR count). The molecule has 0 aliphatic carbocycles. The lowest BCUT2D eigenvalue weighted by Crippen LogP contribution is -2.10. The summed E-state index contributed by atoms with van der Waals surface area (Å²) in [6.07, 6.45) is 0.549. The molecule has 1 aromatic rings. The number of methoxy groups -OCH3 is 1. The predicted octanol–water partition coefficient (Wildman–Crippen LogP) is 2.67. The normalized spacial score (nSPS) is 11.9. The van der Waals surface area contributed by atoms with Crippen LogP contribution in [0.2, 0.25) is 0 Å². The SMILES string of the molecule is CCOc1cc(C(CC)C(=O)O)ccc1OC.